The van der Waals surface area contributed by atoms with Crippen molar-refractivity contribution in [3.8, 4) is 0 Å². The Morgan fingerprint density at radius 3 is 2.73 bits per heavy atom. The molecule has 1 aliphatic heterocycles. The Hall–Kier alpha value is -1.91. The Bertz CT molecular complexity index is 446. The van der Waals surface area contributed by atoms with Crippen LogP contribution in [0.3, 0.4) is 0 Å². The average molecular weight is 206 g/mol. The van der Waals surface area contributed by atoms with Crippen molar-refractivity contribution in [1.29, 1.82) is 0 Å². The molecule has 0 aromatic carbocycles. The Kier molecular flexibility index (Phi) is 1.96. The van der Waals surface area contributed by atoms with Crippen molar-refractivity contribution in [2.45, 2.75) is 6.04 Å². The molecular weight excluding hydrogens is 194 g/mol. The van der Waals surface area contributed by atoms with Crippen LogP contribution in [0, 0.1) is 0 Å². The summed E-state index contributed by atoms with van der Waals surface area (Å²) in [6, 6.07) is -0.231. The van der Waals surface area contributed by atoms with Gasteiger partial charge >= 0.3 is 11.8 Å². The summed E-state index contributed by atoms with van der Waals surface area (Å²) in [7, 11) is 3.19. The minimum Gasteiger partial charge on any atom is -0.399 e. The highest BCUT2D eigenvalue weighted by molar-refractivity contribution is 6.34. The molecule has 1 atom stereocenters. The summed E-state index contributed by atoms with van der Waals surface area (Å²) in [6.07, 6.45) is 5.25. The molecule has 0 saturated carbocycles. The molecule has 0 aromatic heterocycles. The highest BCUT2D eigenvalue weighted by atomic mass is 16.2. The van der Waals surface area contributed by atoms with Gasteiger partial charge in [0.25, 0.3) is 0 Å². The lowest BCUT2D eigenvalue weighted by molar-refractivity contribution is -0.418. The van der Waals surface area contributed by atoms with Crippen molar-refractivity contribution in [3.05, 3.63) is 23.9 Å². The van der Waals surface area contributed by atoms with Crippen molar-refractivity contribution in [1.82, 2.24) is 4.90 Å². The molecule has 2 N–H and O–H groups in total. The van der Waals surface area contributed by atoms with E-state index in [0.29, 0.717) is 5.70 Å². The number of fused-ring (bicyclic) bond motifs is 1. The van der Waals surface area contributed by atoms with E-state index in [-0.39, 0.29) is 6.04 Å². The highest BCUT2D eigenvalue weighted by Gasteiger charge is 2.42. The van der Waals surface area contributed by atoms with Crippen LogP contribution in [0.4, 0.5) is 0 Å². The SMILES string of the molecule is CN1C(=O)C(=O)[N+](C)=C2C=CC(N)=CC21. The van der Waals surface area contributed by atoms with Crippen LogP contribution >= 0.6 is 0 Å². The van der Waals surface area contributed by atoms with Gasteiger partial charge in [-0.1, -0.05) is 0 Å². The molecule has 0 bridgehead atoms. The summed E-state index contributed by atoms with van der Waals surface area (Å²) in [6.45, 7) is 0. The molecule has 0 radical (unpaired) electrons. The standard InChI is InChI=1S/C10H12N3O2/c1-12-7-4-3-6(11)5-8(7)13(2)10(15)9(12)14/h3-5,8H,11H2,1-2H3/q+1. The molecule has 1 aliphatic carbocycles. The van der Waals surface area contributed by atoms with Gasteiger partial charge in [-0.15, -0.1) is 0 Å². The third-order valence-electron chi connectivity index (χ3n) is 2.71. The second kappa shape index (κ2) is 3.05. The fourth-order valence-electron chi connectivity index (χ4n) is 1.76. The first-order chi connectivity index (χ1) is 7.02. The Morgan fingerprint density at radius 2 is 2.07 bits per heavy atom. The van der Waals surface area contributed by atoms with E-state index in [0.717, 1.165) is 5.71 Å². The topological polar surface area (TPSA) is 66.4 Å². The molecule has 2 rings (SSSR count). The van der Waals surface area contributed by atoms with Gasteiger partial charge in [0.2, 0.25) is 5.71 Å². The maximum absolute atomic E-state index is 11.5. The third-order valence-corrected chi connectivity index (χ3v) is 2.71. The number of hydrogen-bond acceptors (Lipinski definition) is 3. The van der Waals surface area contributed by atoms with Gasteiger partial charge in [0.05, 0.1) is 0 Å². The first kappa shape index (κ1) is 9.64. The molecule has 5 nitrogen and oxygen atoms in total. The first-order valence-corrected chi connectivity index (χ1v) is 4.59. The number of rotatable bonds is 0. The number of hydrogen-bond donors (Lipinski definition) is 1. The summed E-state index contributed by atoms with van der Waals surface area (Å²) in [5.74, 6) is -1.02. The molecular formula is C10H12N3O2+. The maximum atomic E-state index is 11.5. The Balaban J connectivity index is 2.57. The predicted molar refractivity (Wildman–Crippen MR) is 54.2 cm³/mol. The Morgan fingerprint density at radius 1 is 1.40 bits per heavy atom. The smallest absolute Gasteiger partial charge is 0.399 e. The number of amides is 2. The molecule has 15 heavy (non-hydrogen) atoms. The molecule has 1 heterocycles. The van der Waals surface area contributed by atoms with Crippen molar-refractivity contribution < 1.29 is 14.2 Å². The number of carbonyl (C=O) groups excluding carboxylic acids is 2. The van der Waals surface area contributed by atoms with Crippen molar-refractivity contribution in [2.75, 3.05) is 14.1 Å². The lowest BCUT2D eigenvalue weighted by atomic mass is 10.0. The van der Waals surface area contributed by atoms with E-state index in [9.17, 15) is 9.59 Å². The van der Waals surface area contributed by atoms with E-state index in [1.54, 1.807) is 32.3 Å². The predicted octanol–water partition coefficient (Wildman–Crippen LogP) is -1.15. The van der Waals surface area contributed by atoms with E-state index in [4.69, 9.17) is 5.73 Å². The quantitative estimate of drug-likeness (QED) is 0.402. The molecule has 2 amide bonds. The summed E-state index contributed by atoms with van der Waals surface area (Å²) in [5, 5.41) is 0. The van der Waals surface area contributed by atoms with Crippen LogP contribution < -0.4 is 5.73 Å². The van der Waals surface area contributed by atoms with E-state index >= 15 is 0 Å². The summed E-state index contributed by atoms with van der Waals surface area (Å²) in [5.41, 5.74) is 7.03. The maximum Gasteiger partial charge on any atom is 0.477 e. The van der Waals surface area contributed by atoms with E-state index < -0.39 is 11.8 Å². The van der Waals surface area contributed by atoms with Gasteiger partial charge in [0.1, 0.15) is 13.1 Å². The normalized spacial score (nSPS) is 25.6. The van der Waals surface area contributed by atoms with Gasteiger partial charge in [-0.3, -0.25) is 4.79 Å². The molecule has 5 heteroatoms. The highest BCUT2D eigenvalue weighted by Crippen LogP contribution is 2.14. The molecule has 0 aromatic rings. The number of carbonyl (C=O) groups is 2. The zero-order chi connectivity index (χ0) is 11.2. The van der Waals surface area contributed by atoms with Gasteiger partial charge in [0, 0.05) is 18.8 Å². The average Bonchev–Trinajstić information content (AvgIpc) is 2.23. The summed E-state index contributed by atoms with van der Waals surface area (Å²) < 4.78 is 1.37. The summed E-state index contributed by atoms with van der Waals surface area (Å²) in [4.78, 5) is 24.4. The minimum atomic E-state index is -0.512. The lowest BCUT2D eigenvalue weighted by Gasteiger charge is -2.28. The largest absolute Gasteiger partial charge is 0.477 e. The second-order valence-electron chi connectivity index (χ2n) is 3.65. The van der Waals surface area contributed by atoms with Crippen LogP contribution in [0.25, 0.3) is 0 Å². The van der Waals surface area contributed by atoms with Crippen LogP contribution in [-0.2, 0) is 9.59 Å². The van der Waals surface area contributed by atoms with E-state index in [2.05, 4.69) is 0 Å². The molecule has 0 fully saturated rings. The van der Waals surface area contributed by atoms with Gasteiger partial charge in [-0.05, 0) is 12.2 Å². The number of nitrogens with zero attached hydrogens (tertiary/aromatic N) is 2. The van der Waals surface area contributed by atoms with Gasteiger partial charge in [-0.25, -0.2) is 4.79 Å². The zero-order valence-corrected chi connectivity index (χ0v) is 8.60. The van der Waals surface area contributed by atoms with Gasteiger partial charge < -0.3 is 10.6 Å². The van der Waals surface area contributed by atoms with Gasteiger partial charge in [0.15, 0.2) is 0 Å². The fourth-order valence-corrected chi connectivity index (χ4v) is 1.76. The zero-order valence-electron chi connectivity index (χ0n) is 8.60. The first-order valence-electron chi connectivity index (χ1n) is 4.59. The van der Waals surface area contributed by atoms with Crippen molar-refractivity contribution in [3.63, 3.8) is 0 Å². The summed E-state index contributed by atoms with van der Waals surface area (Å²) >= 11 is 0. The molecule has 78 valence electrons. The lowest BCUT2D eigenvalue weighted by Crippen LogP contribution is -2.55. The molecule has 2 aliphatic rings. The monoisotopic (exact) mass is 206 g/mol. The number of nitrogens with two attached hydrogens (primary N) is 1. The Labute approximate surface area is 87.2 Å². The van der Waals surface area contributed by atoms with Crippen LogP contribution in [0.5, 0.6) is 0 Å². The second-order valence-corrected chi connectivity index (χ2v) is 3.65. The third kappa shape index (κ3) is 1.27. The van der Waals surface area contributed by atoms with Crippen LogP contribution in [-0.4, -0.2) is 47.1 Å². The minimum absolute atomic E-state index is 0.231. The van der Waals surface area contributed by atoms with Crippen LogP contribution in [0.2, 0.25) is 0 Å². The van der Waals surface area contributed by atoms with E-state index in [1.165, 1.54) is 9.48 Å². The van der Waals surface area contributed by atoms with Crippen molar-refractivity contribution >= 4 is 17.5 Å². The molecule has 1 unspecified atom stereocenters. The fraction of sp³-hybridized carbons (Fsp3) is 0.300. The van der Waals surface area contributed by atoms with E-state index in [1.807, 2.05) is 0 Å². The van der Waals surface area contributed by atoms with Crippen LogP contribution in [0.1, 0.15) is 0 Å². The molecule has 0 saturated heterocycles. The van der Waals surface area contributed by atoms with Gasteiger partial charge in [-0.2, -0.15) is 4.58 Å². The number of likely N-dealkylation sites (N-methyl/N-ethyl adjacent to an activating group) is 2. The number of allylic oxidation sites excluding steroid dienone is 1. The molecule has 0 spiro atoms. The van der Waals surface area contributed by atoms with Crippen LogP contribution in [0.15, 0.2) is 23.9 Å². The van der Waals surface area contributed by atoms with Crippen molar-refractivity contribution in [2.24, 2.45) is 5.73 Å².